The van der Waals surface area contributed by atoms with Crippen LogP contribution < -0.4 is 0 Å². The second kappa shape index (κ2) is 7.99. The summed E-state index contributed by atoms with van der Waals surface area (Å²) < 4.78 is 14.1. The molecule has 0 amide bonds. The van der Waals surface area contributed by atoms with E-state index in [4.69, 9.17) is 9.47 Å². The van der Waals surface area contributed by atoms with E-state index in [1.165, 1.54) is 14.2 Å². The van der Waals surface area contributed by atoms with Crippen LogP contribution in [-0.2, 0) is 23.8 Å². The number of hydrogen-bond acceptors (Lipinski definition) is 5. The van der Waals surface area contributed by atoms with Gasteiger partial charge in [0.05, 0.1) is 20.3 Å². The van der Waals surface area contributed by atoms with E-state index in [-0.39, 0.29) is 24.4 Å². The van der Waals surface area contributed by atoms with Crippen LogP contribution in [0.3, 0.4) is 0 Å². The van der Waals surface area contributed by atoms with Gasteiger partial charge in [0.2, 0.25) is 0 Å². The molecule has 0 radical (unpaired) electrons. The van der Waals surface area contributed by atoms with E-state index in [2.05, 4.69) is 4.74 Å². The number of esters is 1. The average molecular weight is 216 g/mol. The lowest BCUT2D eigenvalue weighted by atomic mass is 10.1. The lowest BCUT2D eigenvalue weighted by molar-refractivity contribution is -0.138. The van der Waals surface area contributed by atoms with Gasteiger partial charge in [0.25, 0.3) is 0 Å². The molecule has 0 heterocycles. The van der Waals surface area contributed by atoms with Crippen molar-refractivity contribution in [3.05, 3.63) is 11.8 Å². The quantitative estimate of drug-likeness (QED) is 0.206. The SMILES string of the molecule is CCO/C=C(/C(=O)CCOC)C(=O)OC. The Balaban J connectivity index is 4.48. The summed E-state index contributed by atoms with van der Waals surface area (Å²) in [6.07, 6.45) is 1.26. The Labute approximate surface area is 89.0 Å². The molecule has 5 heteroatoms. The highest BCUT2D eigenvalue weighted by Crippen LogP contribution is 2.03. The summed E-state index contributed by atoms with van der Waals surface area (Å²) in [5.74, 6) is -1.04. The largest absolute Gasteiger partial charge is 0.500 e. The summed E-state index contributed by atoms with van der Waals surface area (Å²) in [4.78, 5) is 22.7. The maximum atomic E-state index is 11.5. The van der Waals surface area contributed by atoms with Crippen molar-refractivity contribution in [2.45, 2.75) is 13.3 Å². The molecule has 0 bridgehead atoms. The highest BCUT2D eigenvalue weighted by Gasteiger charge is 2.18. The fourth-order valence-electron chi connectivity index (χ4n) is 0.834. The number of ketones is 1. The first-order valence-corrected chi connectivity index (χ1v) is 4.59. The Hall–Kier alpha value is -1.36. The van der Waals surface area contributed by atoms with Gasteiger partial charge in [-0.1, -0.05) is 0 Å². The first kappa shape index (κ1) is 13.6. The van der Waals surface area contributed by atoms with Crippen LogP contribution in [0.15, 0.2) is 11.8 Å². The zero-order valence-electron chi connectivity index (χ0n) is 9.24. The normalized spacial score (nSPS) is 11.0. The van der Waals surface area contributed by atoms with Gasteiger partial charge >= 0.3 is 5.97 Å². The third-order valence-corrected chi connectivity index (χ3v) is 1.61. The van der Waals surface area contributed by atoms with Crippen LogP contribution in [0.25, 0.3) is 0 Å². The molecule has 0 aromatic rings. The molecule has 0 fully saturated rings. The van der Waals surface area contributed by atoms with Gasteiger partial charge in [-0.15, -0.1) is 0 Å². The van der Waals surface area contributed by atoms with Gasteiger partial charge in [-0.2, -0.15) is 0 Å². The molecule has 0 N–H and O–H groups in total. The van der Waals surface area contributed by atoms with Gasteiger partial charge in [-0.25, -0.2) is 4.79 Å². The van der Waals surface area contributed by atoms with Gasteiger partial charge in [0, 0.05) is 13.5 Å². The Kier molecular flexibility index (Phi) is 7.27. The van der Waals surface area contributed by atoms with Crippen molar-refractivity contribution in [3.63, 3.8) is 0 Å². The molecule has 0 spiro atoms. The standard InChI is InChI=1S/C10H16O5/c1-4-15-7-8(10(12)14-3)9(11)5-6-13-2/h7H,4-6H2,1-3H3/b8-7-. The summed E-state index contributed by atoms with van der Waals surface area (Å²) in [5, 5.41) is 0. The molecule has 0 atom stereocenters. The van der Waals surface area contributed by atoms with Crippen LogP contribution in [0.5, 0.6) is 0 Å². The topological polar surface area (TPSA) is 61.8 Å². The van der Waals surface area contributed by atoms with Crippen LogP contribution in [0, 0.1) is 0 Å². The molecule has 86 valence electrons. The third-order valence-electron chi connectivity index (χ3n) is 1.61. The lowest BCUT2D eigenvalue weighted by Gasteiger charge is -2.04. The third kappa shape index (κ3) is 5.17. The minimum absolute atomic E-state index is 0.0867. The molecule has 5 nitrogen and oxygen atoms in total. The molecular formula is C10H16O5. The summed E-state index contributed by atoms with van der Waals surface area (Å²) in [6.45, 7) is 2.41. The smallest absolute Gasteiger partial charge is 0.344 e. The van der Waals surface area contributed by atoms with E-state index in [9.17, 15) is 9.59 Å². The van der Waals surface area contributed by atoms with Crippen molar-refractivity contribution in [1.82, 2.24) is 0 Å². The molecule has 0 aromatic carbocycles. The lowest BCUT2D eigenvalue weighted by Crippen LogP contribution is -2.16. The zero-order valence-corrected chi connectivity index (χ0v) is 9.24. The van der Waals surface area contributed by atoms with Crippen molar-refractivity contribution in [1.29, 1.82) is 0 Å². The summed E-state index contributed by atoms with van der Waals surface area (Å²) in [7, 11) is 2.70. The maximum absolute atomic E-state index is 11.5. The fourth-order valence-corrected chi connectivity index (χ4v) is 0.834. The minimum Gasteiger partial charge on any atom is -0.500 e. The monoisotopic (exact) mass is 216 g/mol. The van der Waals surface area contributed by atoms with Gasteiger partial charge < -0.3 is 14.2 Å². The number of methoxy groups -OCH3 is 2. The molecule has 0 aliphatic rings. The number of carbonyl (C=O) groups excluding carboxylic acids is 2. The average Bonchev–Trinajstić information content (AvgIpc) is 2.26. The van der Waals surface area contributed by atoms with E-state index in [1.807, 2.05) is 0 Å². The van der Waals surface area contributed by atoms with Crippen LogP contribution >= 0.6 is 0 Å². The highest BCUT2D eigenvalue weighted by molar-refractivity contribution is 6.17. The van der Waals surface area contributed by atoms with Crippen molar-refractivity contribution in [3.8, 4) is 0 Å². The Morgan fingerprint density at radius 1 is 1.27 bits per heavy atom. The van der Waals surface area contributed by atoms with Crippen LogP contribution in [0.1, 0.15) is 13.3 Å². The minimum atomic E-state index is -0.690. The van der Waals surface area contributed by atoms with Gasteiger partial charge in [0.15, 0.2) is 5.78 Å². The molecule has 15 heavy (non-hydrogen) atoms. The summed E-state index contributed by atoms with van der Waals surface area (Å²) in [6, 6.07) is 0. The number of ether oxygens (including phenoxy) is 3. The molecular weight excluding hydrogens is 200 g/mol. The molecule has 0 saturated carbocycles. The highest BCUT2D eigenvalue weighted by atomic mass is 16.5. The van der Waals surface area contributed by atoms with E-state index >= 15 is 0 Å². The first-order valence-electron chi connectivity index (χ1n) is 4.59. The van der Waals surface area contributed by atoms with Crippen molar-refractivity contribution in [2.24, 2.45) is 0 Å². The van der Waals surface area contributed by atoms with E-state index in [0.29, 0.717) is 6.61 Å². The predicted molar refractivity (Wildman–Crippen MR) is 53.2 cm³/mol. The fraction of sp³-hybridized carbons (Fsp3) is 0.600. The van der Waals surface area contributed by atoms with Crippen LogP contribution in [-0.4, -0.2) is 39.2 Å². The summed E-state index contributed by atoms with van der Waals surface area (Å²) in [5.41, 5.74) is -0.0867. The molecule has 0 aliphatic carbocycles. The Morgan fingerprint density at radius 2 is 1.93 bits per heavy atom. The van der Waals surface area contributed by atoms with Gasteiger partial charge in [0.1, 0.15) is 11.8 Å². The number of rotatable bonds is 7. The Morgan fingerprint density at radius 3 is 2.40 bits per heavy atom. The second-order valence-electron chi connectivity index (χ2n) is 2.64. The number of hydrogen-bond donors (Lipinski definition) is 0. The van der Waals surface area contributed by atoms with Crippen molar-refractivity contribution in [2.75, 3.05) is 27.4 Å². The number of Topliss-reactive ketones (excluding diaryl/α,β-unsaturated/α-hetero) is 1. The second-order valence-corrected chi connectivity index (χ2v) is 2.64. The van der Waals surface area contributed by atoms with E-state index in [1.54, 1.807) is 6.92 Å². The number of carbonyl (C=O) groups is 2. The van der Waals surface area contributed by atoms with Crippen molar-refractivity contribution >= 4 is 11.8 Å². The molecule has 0 aromatic heterocycles. The van der Waals surface area contributed by atoms with Gasteiger partial charge in [-0.3, -0.25) is 4.79 Å². The Bertz CT molecular complexity index is 244. The zero-order chi connectivity index (χ0) is 11.7. The first-order chi connectivity index (χ1) is 7.17. The van der Waals surface area contributed by atoms with E-state index in [0.717, 1.165) is 6.26 Å². The molecule has 0 aliphatic heterocycles. The maximum Gasteiger partial charge on any atom is 0.344 e. The van der Waals surface area contributed by atoms with Crippen LogP contribution in [0.2, 0.25) is 0 Å². The van der Waals surface area contributed by atoms with E-state index < -0.39 is 5.97 Å². The molecule has 0 rings (SSSR count). The predicted octanol–water partition coefficient (Wildman–Crippen LogP) is 0.685. The molecule has 0 unspecified atom stereocenters. The summed E-state index contributed by atoms with van der Waals surface area (Å²) >= 11 is 0. The van der Waals surface area contributed by atoms with Gasteiger partial charge in [-0.05, 0) is 6.92 Å². The molecule has 0 saturated heterocycles. The van der Waals surface area contributed by atoms with Crippen LogP contribution in [0.4, 0.5) is 0 Å². The van der Waals surface area contributed by atoms with Crippen molar-refractivity contribution < 1.29 is 23.8 Å².